The number of nitrogens with one attached hydrogen (secondary N) is 2. The zero-order chi connectivity index (χ0) is 15.2. The van der Waals surface area contributed by atoms with Gasteiger partial charge in [0.25, 0.3) is 0 Å². The second-order valence-corrected chi connectivity index (χ2v) is 6.37. The molecule has 4 nitrogen and oxygen atoms in total. The first-order chi connectivity index (χ1) is 10.6. The molecule has 22 heavy (non-hydrogen) atoms. The van der Waals surface area contributed by atoms with E-state index in [4.69, 9.17) is 4.74 Å². The van der Waals surface area contributed by atoms with Crippen molar-refractivity contribution < 1.29 is 13.5 Å². The van der Waals surface area contributed by atoms with Gasteiger partial charge in [0, 0.05) is 61.4 Å². The maximum absolute atomic E-state index is 13.0. The fraction of sp³-hybridized carbons (Fsp3) is 0.562. The number of nitrogens with zero attached hydrogens (tertiary/aromatic N) is 1. The van der Waals surface area contributed by atoms with E-state index in [0.717, 1.165) is 48.5 Å². The summed E-state index contributed by atoms with van der Waals surface area (Å²) in [5.74, 6) is -1.73. The monoisotopic (exact) mass is 307 g/mol. The third kappa shape index (κ3) is 2.67. The zero-order valence-corrected chi connectivity index (χ0v) is 12.2. The number of alkyl halides is 2. The number of fused-ring (bicyclic) bond motifs is 1. The van der Waals surface area contributed by atoms with E-state index in [1.165, 1.54) is 0 Å². The van der Waals surface area contributed by atoms with Crippen LogP contribution in [0, 0.1) is 0 Å². The number of hydrogen-bond donors (Lipinski definition) is 2. The summed E-state index contributed by atoms with van der Waals surface area (Å²) in [6, 6.07) is 4.30. The summed E-state index contributed by atoms with van der Waals surface area (Å²) in [5.41, 5.74) is 1.85. The van der Waals surface area contributed by atoms with Crippen molar-refractivity contribution >= 4 is 16.7 Å². The highest BCUT2D eigenvalue weighted by molar-refractivity contribution is 5.82. The molecule has 0 aromatic carbocycles. The molecule has 2 aliphatic rings. The van der Waals surface area contributed by atoms with Gasteiger partial charge >= 0.3 is 0 Å². The molecule has 1 aliphatic carbocycles. The molecule has 2 fully saturated rings. The number of hydrogen-bond acceptors (Lipinski definition) is 3. The first kappa shape index (κ1) is 13.9. The molecule has 0 spiro atoms. The molecule has 0 radical (unpaired) electrons. The van der Waals surface area contributed by atoms with Crippen LogP contribution in [0.4, 0.5) is 14.6 Å². The Labute approximate surface area is 127 Å². The number of H-pyrrole nitrogens is 1. The van der Waals surface area contributed by atoms with Crippen molar-refractivity contribution in [2.45, 2.75) is 43.6 Å². The summed E-state index contributed by atoms with van der Waals surface area (Å²) in [6.45, 7) is 1.56. The number of aromatic nitrogens is 2. The van der Waals surface area contributed by atoms with Gasteiger partial charge in [-0.2, -0.15) is 0 Å². The first-order valence-electron chi connectivity index (χ1n) is 7.80. The minimum atomic E-state index is -2.49. The van der Waals surface area contributed by atoms with Crippen molar-refractivity contribution in [1.29, 1.82) is 0 Å². The molecule has 2 aromatic heterocycles. The minimum absolute atomic E-state index is 0.0551. The van der Waals surface area contributed by atoms with Crippen LogP contribution in [0.5, 0.6) is 0 Å². The van der Waals surface area contributed by atoms with Crippen LogP contribution in [-0.4, -0.2) is 35.1 Å². The number of ether oxygens (including phenoxy) is 1. The summed E-state index contributed by atoms with van der Waals surface area (Å²) in [5, 5.41) is 4.40. The van der Waals surface area contributed by atoms with E-state index in [9.17, 15) is 8.78 Å². The van der Waals surface area contributed by atoms with E-state index < -0.39 is 5.92 Å². The van der Waals surface area contributed by atoms with Crippen LogP contribution in [0.2, 0.25) is 0 Å². The summed E-state index contributed by atoms with van der Waals surface area (Å²) in [7, 11) is 0. The zero-order valence-electron chi connectivity index (χ0n) is 12.2. The highest BCUT2D eigenvalue weighted by atomic mass is 19.3. The maximum Gasteiger partial charge on any atom is 0.249 e. The molecule has 118 valence electrons. The molecule has 0 amide bonds. The van der Waals surface area contributed by atoms with Crippen molar-refractivity contribution in [2.24, 2.45) is 0 Å². The molecular formula is C16H19F2N3O. The Morgan fingerprint density at radius 2 is 2.00 bits per heavy atom. The summed E-state index contributed by atoms with van der Waals surface area (Å²) >= 11 is 0. The quantitative estimate of drug-likeness (QED) is 0.909. The smallest absolute Gasteiger partial charge is 0.249 e. The Morgan fingerprint density at radius 1 is 1.23 bits per heavy atom. The van der Waals surface area contributed by atoms with Crippen LogP contribution in [0.1, 0.15) is 37.3 Å². The third-order valence-corrected chi connectivity index (χ3v) is 4.63. The van der Waals surface area contributed by atoms with E-state index >= 15 is 0 Å². The molecule has 1 saturated heterocycles. The lowest BCUT2D eigenvalue weighted by atomic mass is 9.79. The van der Waals surface area contributed by atoms with Gasteiger partial charge in [-0.3, -0.25) is 0 Å². The molecular weight excluding hydrogens is 288 g/mol. The molecule has 0 atom stereocenters. The third-order valence-electron chi connectivity index (χ3n) is 4.63. The first-order valence-corrected chi connectivity index (χ1v) is 7.80. The topological polar surface area (TPSA) is 49.9 Å². The molecule has 0 unspecified atom stereocenters. The largest absolute Gasteiger partial charge is 0.381 e. The van der Waals surface area contributed by atoms with Gasteiger partial charge in [-0.25, -0.2) is 13.8 Å². The summed E-state index contributed by atoms with van der Waals surface area (Å²) in [4.78, 5) is 7.70. The van der Waals surface area contributed by atoms with Gasteiger partial charge in [-0.1, -0.05) is 0 Å². The van der Waals surface area contributed by atoms with Gasteiger partial charge in [-0.15, -0.1) is 0 Å². The fourth-order valence-corrected chi connectivity index (χ4v) is 3.28. The van der Waals surface area contributed by atoms with Crippen molar-refractivity contribution in [3.05, 3.63) is 24.0 Å². The van der Waals surface area contributed by atoms with Crippen LogP contribution in [0.15, 0.2) is 18.3 Å². The lowest BCUT2D eigenvalue weighted by molar-refractivity contribution is -0.0874. The van der Waals surface area contributed by atoms with Crippen molar-refractivity contribution in [2.75, 3.05) is 18.5 Å². The number of rotatable bonds is 3. The Morgan fingerprint density at radius 3 is 2.73 bits per heavy atom. The number of anilines is 1. The molecule has 6 heteroatoms. The van der Waals surface area contributed by atoms with Gasteiger partial charge in [-0.05, 0) is 18.9 Å². The van der Waals surface area contributed by atoms with Gasteiger partial charge < -0.3 is 15.0 Å². The lowest BCUT2D eigenvalue weighted by Gasteiger charge is -2.34. The Balaban J connectivity index is 1.51. The number of halogens is 2. The van der Waals surface area contributed by atoms with Crippen molar-refractivity contribution in [3.8, 4) is 0 Å². The van der Waals surface area contributed by atoms with E-state index in [2.05, 4.69) is 15.3 Å². The van der Waals surface area contributed by atoms with Gasteiger partial charge in [0.15, 0.2) is 0 Å². The molecule has 2 aromatic rings. The van der Waals surface area contributed by atoms with Crippen molar-refractivity contribution in [1.82, 2.24) is 9.97 Å². The molecule has 1 aliphatic heterocycles. The highest BCUT2D eigenvalue weighted by Crippen LogP contribution is 2.48. The molecule has 2 N–H and O–H groups in total. The minimum Gasteiger partial charge on any atom is -0.381 e. The highest BCUT2D eigenvalue weighted by Gasteiger charge is 2.46. The Kier molecular flexibility index (Phi) is 3.29. The van der Waals surface area contributed by atoms with Crippen LogP contribution >= 0.6 is 0 Å². The van der Waals surface area contributed by atoms with E-state index in [1.54, 1.807) is 6.20 Å². The van der Waals surface area contributed by atoms with Crippen LogP contribution < -0.4 is 5.32 Å². The van der Waals surface area contributed by atoms with Gasteiger partial charge in [0.2, 0.25) is 5.92 Å². The Hall–Kier alpha value is -1.69. The summed E-state index contributed by atoms with van der Waals surface area (Å²) < 4.78 is 31.4. The average Bonchev–Trinajstić information content (AvgIpc) is 2.88. The molecule has 1 saturated carbocycles. The Bertz CT molecular complexity index is 671. The van der Waals surface area contributed by atoms with Crippen molar-refractivity contribution in [3.63, 3.8) is 0 Å². The molecule has 0 bridgehead atoms. The molecule has 3 heterocycles. The van der Waals surface area contributed by atoms with Gasteiger partial charge in [0.1, 0.15) is 5.82 Å². The second kappa shape index (κ2) is 5.19. The van der Waals surface area contributed by atoms with Gasteiger partial charge in [0.05, 0.1) is 5.52 Å². The van der Waals surface area contributed by atoms with Crippen LogP contribution in [0.3, 0.4) is 0 Å². The van der Waals surface area contributed by atoms with Crippen LogP contribution in [0.25, 0.3) is 10.9 Å². The predicted octanol–water partition coefficient (Wildman–Crippen LogP) is 3.67. The van der Waals surface area contributed by atoms with E-state index in [0.29, 0.717) is 6.04 Å². The average molecular weight is 307 g/mol. The standard InChI is InChI=1S/C16H19F2N3O/c17-16(18)7-11(8-16)13-5-10-9-19-15(6-14(10)21-13)20-12-1-3-22-4-2-12/h5-6,9,11-12,21H,1-4,7-8H2,(H,19,20). The van der Waals surface area contributed by atoms with E-state index in [1.807, 2.05) is 12.1 Å². The SMILES string of the molecule is FC1(F)CC(c2cc3cnc(NC4CCOCC4)cc3[nH]2)C1. The second-order valence-electron chi connectivity index (χ2n) is 6.37. The number of aromatic amines is 1. The number of pyridine rings is 1. The lowest BCUT2D eigenvalue weighted by Crippen LogP contribution is -2.33. The van der Waals surface area contributed by atoms with Crippen LogP contribution in [-0.2, 0) is 4.74 Å². The normalized spacial score (nSPS) is 22.6. The summed E-state index contributed by atoms with van der Waals surface area (Å²) in [6.07, 6.45) is 3.65. The van der Waals surface area contributed by atoms with E-state index in [-0.39, 0.29) is 18.8 Å². The maximum atomic E-state index is 13.0. The fourth-order valence-electron chi connectivity index (χ4n) is 3.28. The molecule has 4 rings (SSSR count). The predicted molar refractivity (Wildman–Crippen MR) is 80.5 cm³/mol.